The van der Waals surface area contributed by atoms with E-state index < -0.39 is 0 Å². The van der Waals surface area contributed by atoms with Crippen LogP contribution in [-0.4, -0.2) is 0 Å². The molecule has 0 heterocycles. The van der Waals surface area contributed by atoms with Gasteiger partial charge < -0.3 is 0 Å². The second-order valence-corrected chi connectivity index (χ2v) is 3.32. The Morgan fingerprint density at radius 2 is 1.75 bits per heavy atom. The van der Waals surface area contributed by atoms with E-state index in [0.717, 1.165) is 0 Å². The van der Waals surface area contributed by atoms with E-state index in [1.165, 1.54) is 16.7 Å². The molecule has 68 valence electrons. The van der Waals surface area contributed by atoms with Crippen LogP contribution in [0.15, 0.2) is 35.5 Å². The summed E-state index contributed by atoms with van der Waals surface area (Å²) < 4.78 is 0. The monoisotopic (exact) mass is 164 g/mol. The fourth-order valence-electron chi connectivity index (χ4n) is 1.09. The van der Waals surface area contributed by atoms with Crippen molar-refractivity contribution in [2.45, 2.75) is 34.6 Å². The normalized spacial score (nSPS) is 16.9. The molecule has 0 aromatic carbocycles. The first kappa shape index (κ1) is 11.2. The van der Waals surface area contributed by atoms with Crippen molar-refractivity contribution >= 4 is 0 Å². The molecule has 0 bridgehead atoms. The summed E-state index contributed by atoms with van der Waals surface area (Å²) in [4.78, 5) is 0. The Hall–Kier alpha value is -0.780. The van der Waals surface area contributed by atoms with Gasteiger partial charge in [0, 0.05) is 0 Å². The van der Waals surface area contributed by atoms with E-state index in [9.17, 15) is 0 Å². The number of hydrogen-bond acceptors (Lipinski definition) is 0. The molecule has 0 N–H and O–H groups in total. The molecule has 0 aromatic rings. The Labute approximate surface area is 76.7 Å². The number of allylic oxidation sites excluding steroid dienone is 5. The van der Waals surface area contributed by atoms with Crippen LogP contribution in [0.2, 0.25) is 0 Å². The predicted octanol–water partition coefficient (Wildman–Crippen LogP) is 4.11. The maximum atomic E-state index is 3.77. The van der Waals surface area contributed by atoms with E-state index in [2.05, 4.69) is 47.3 Å². The van der Waals surface area contributed by atoms with Gasteiger partial charge in [-0.05, 0) is 33.6 Å². The van der Waals surface area contributed by atoms with E-state index in [-0.39, 0.29) is 0 Å². The molecular formula is C12H20. The predicted molar refractivity (Wildman–Crippen MR) is 57.2 cm³/mol. The van der Waals surface area contributed by atoms with Crippen LogP contribution in [0.3, 0.4) is 0 Å². The molecule has 0 fully saturated rings. The molecule has 0 aliphatic carbocycles. The highest BCUT2D eigenvalue weighted by Gasteiger charge is 2.06. The zero-order valence-electron chi connectivity index (χ0n) is 8.94. The molecule has 1 unspecified atom stereocenters. The van der Waals surface area contributed by atoms with Crippen LogP contribution in [0.1, 0.15) is 34.6 Å². The van der Waals surface area contributed by atoms with Crippen LogP contribution >= 0.6 is 0 Å². The summed E-state index contributed by atoms with van der Waals surface area (Å²) in [7, 11) is 0. The zero-order valence-corrected chi connectivity index (χ0v) is 8.94. The topological polar surface area (TPSA) is 0 Å². The largest absolute Gasteiger partial charge is 0.0988 e. The lowest BCUT2D eigenvalue weighted by atomic mass is 9.91. The highest BCUT2D eigenvalue weighted by Crippen LogP contribution is 2.22. The molecular weight excluding hydrogens is 144 g/mol. The smallest absolute Gasteiger partial charge is 0.00214 e. The Morgan fingerprint density at radius 3 is 2.08 bits per heavy atom. The van der Waals surface area contributed by atoms with Crippen molar-refractivity contribution in [3.05, 3.63) is 35.5 Å². The zero-order chi connectivity index (χ0) is 9.72. The molecule has 0 rings (SSSR count). The van der Waals surface area contributed by atoms with Gasteiger partial charge in [-0.3, -0.25) is 0 Å². The summed E-state index contributed by atoms with van der Waals surface area (Å²) in [6, 6.07) is 0. The first-order valence-electron chi connectivity index (χ1n) is 4.47. The molecule has 0 aliphatic heterocycles. The third-order valence-electron chi connectivity index (χ3n) is 2.72. The lowest BCUT2D eigenvalue weighted by Gasteiger charge is -2.14. The average Bonchev–Trinajstić information content (AvgIpc) is 2.12. The molecule has 0 heteroatoms. The second-order valence-electron chi connectivity index (χ2n) is 3.32. The molecule has 0 saturated heterocycles. The fourth-order valence-corrected chi connectivity index (χ4v) is 1.09. The van der Waals surface area contributed by atoms with Crippen LogP contribution in [0.4, 0.5) is 0 Å². The van der Waals surface area contributed by atoms with Crippen LogP contribution in [0.5, 0.6) is 0 Å². The minimum atomic E-state index is 0.549. The third-order valence-corrected chi connectivity index (χ3v) is 2.72. The number of hydrogen-bond donors (Lipinski definition) is 0. The summed E-state index contributed by atoms with van der Waals surface area (Å²) in [6.45, 7) is 14.6. The van der Waals surface area contributed by atoms with Gasteiger partial charge in [0.2, 0.25) is 0 Å². The van der Waals surface area contributed by atoms with Gasteiger partial charge in [0.25, 0.3) is 0 Å². The first-order valence-corrected chi connectivity index (χ1v) is 4.47. The van der Waals surface area contributed by atoms with Crippen LogP contribution in [-0.2, 0) is 0 Å². The lowest BCUT2D eigenvalue weighted by molar-refractivity contribution is 0.789. The average molecular weight is 164 g/mol. The summed E-state index contributed by atoms with van der Waals surface area (Å²) in [6.07, 6.45) is 4.10. The molecule has 0 aromatic heterocycles. The van der Waals surface area contributed by atoms with E-state index in [4.69, 9.17) is 0 Å². The third kappa shape index (κ3) is 2.69. The first-order chi connectivity index (χ1) is 5.54. The van der Waals surface area contributed by atoms with Crippen molar-refractivity contribution in [1.29, 1.82) is 0 Å². The Morgan fingerprint density at radius 1 is 1.25 bits per heavy atom. The molecule has 0 amide bonds. The Kier molecular flexibility index (Phi) is 4.65. The molecule has 0 nitrogen and oxygen atoms in total. The highest BCUT2D eigenvalue weighted by molar-refractivity contribution is 5.27. The minimum absolute atomic E-state index is 0.549. The molecule has 0 spiro atoms. The van der Waals surface area contributed by atoms with Crippen LogP contribution in [0.25, 0.3) is 0 Å². The van der Waals surface area contributed by atoms with Crippen LogP contribution in [0, 0.1) is 5.92 Å². The van der Waals surface area contributed by atoms with Gasteiger partial charge in [-0.1, -0.05) is 42.4 Å². The van der Waals surface area contributed by atoms with Gasteiger partial charge in [0.15, 0.2) is 0 Å². The molecule has 0 aliphatic rings. The number of rotatable bonds is 3. The van der Waals surface area contributed by atoms with Crippen molar-refractivity contribution in [3.63, 3.8) is 0 Å². The van der Waals surface area contributed by atoms with E-state index in [1.54, 1.807) is 0 Å². The molecule has 0 radical (unpaired) electrons. The minimum Gasteiger partial charge on any atom is -0.0988 e. The maximum Gasteiger partial charge on any atom is -0.00214 e. The Bertz CT molecular complexity index is 216. The quantitative estimate of drug-likeness (QED) is 0.435. The SMILES string of the molecule is C=CC(C)=C(C)C(C)C(C)=CC. The van der Waals surface area contributed by atoms with Crippen molar-refractivity contribution in [2.75, 3.05) is 0 Å². The van der Waals surface area contributed by atoms with Gasteiger partial charge in [-0.25, -0.2) is 0 Å². The van der Waals surface area contributed by atoms with Gasteiger partial charge in [0.1, 0.15) is 0 Å². The molecule has 1 atom stereocenters. The maximum absolute atomic E-state index is 3.77. The van der Waals surface area contributed by atoms with Crippen molar-refractivity contribution in [1.82, 2.24) is 0 Å². The fraction of sp³-hybridized carbons (Fsp3) is 0.500. The van der Waals surface area contributed by atoms with Gasteiger partial charge in [0.05, 0.1) is 0 Å². The summed E-state index contributed by atoms with van der Waals surface area (Å²) in [5.74, 6) is 0.549. The Balaban J connectivity index is 4.71. The van der Waals surface area contributed by atoms with Crippen molar-refractivity contribution < 1.29 is 0 Å². The molecule has 0 saturated carbocycles. The van der Waals surface area contributed by atoms with Gasteiger partial charge in [-0.2, -0.15) is 0 Å². The lowest BCUT2D eigenvalue weighted by Crippen LogP contribution is -1.99. The summed E-state index contributed by atoms with van der Waals surface area (Å²) >= 11 is 0. The highest BCUT2D eigenvalue weighted by atomic mass is 14.1. The second kappa shape index (κ2) is 4.97. The van der Waals surface area contributed by atoms with Gasteiger partial charge in [-0.15, -0.1) is 0 Å². The van der Waals surface area contributed by atoms with Crippen molar-refractivity contribution in [2.24, 2.45) is 5.92 Å². The standard InChI is InChI=1S/C12H20/c1-7-9(3)11(5)12(6)10(4)8-2/h7-8,12H,1H2,2-6H3. The molecule has 12 heavy (non-hydrogen) atoms. The van der Waals surface area contributed by atoms with E-state index >= 15 is 0 Å². The van der Waals surface area contributed by atoms with Gasteiger partial charge >= 0.3 is 0 Å². The summed E-state index contributed by atoms with van der Waals surface area (Å²) in [5.41, 5.74) is 4.14. The summed E-state index contributed by atoms with van der Waals surface area (Å²) in [5, 5.41) is 0. The van der Waals surface area contributed by atoms with Crippen LogP contribution < -0.4 is 0 Å². The van der Waals surface area contributed by atoms with E-state index in [1.807, 2.05) is 6.08 Å². The van der Waals surface area contributed by atoms with Crippen molar-refractivity contribution in [3.8, 4) is 0 Å². The van der Waals surface area contributed by atoms with E-state index in [0.29, 0.717) is 5.92 Å².